The van der Waals surface area contributed by atoms with E-state index in [4.69, 9.17) is 20.3 Å². The summed E-state index contributed by atoms with van der Waals surface area (Å²) in [5, 5.41) is 8.79. The Labute approximate surface area is 95.0 Å². The number of hydrogen-bond donors (Lipinski definition) is 2. The molecule has 0 bridgehead atoms. The number of benzene rings is 1. The predicted octanol–water partition coefficient (Wildman–Crippen LogP) is 1.23. The summed E-state index contributed by atoms with van der Waals surface area (Å²) in [6.45, 7) is 1.32. The Balaban J connectivity index is 2.19. The average Bonchev–Trinajstić information content (AvgIpc) is 2.35. The van der Waals surface area contributed by atoms with Gasteiger partial charge in [0.15, 0.2) is 11.5 Å². The van der Waals surface area contributed by atoms with Crippen molar-refractivity contribution in [2.45, 2.75) is 18.9 Å². The highest BCUT2D eigenvalue weighted by Crippen LogP contribution is 2.37. The molecule has 1 aliphatic heterocycles. The van der Waals surface area contributed by atoms with Gasteiger partial charge in [-0.05, 0) is 18.9 Å². The van der Waals surface area contributed by atoms with Crippen LogP contribution in [0.15, 0.2) is 18.2 Å². The Kier molecular flexibility index (Phi) is 3.64. The molecule has 0 fully saturated rings. The molecule has 1 aromatic carbocycles. The highest BCUT2D eigenvalue weighted by molar-refractivity contribution is 5.48. The summed E-state index contributed by atoms with van der Waals surface area (Å²) in [6, 6.07) is 5.65. The normalized spacial score (nSPS) is 15.9. The molecule has 3 N–H and O–H groups in total. The summed E-state index contributed by atoms with van der Waals surface area (Å²) in [5.41, 5.74) is 7.02. The van der Waals surface area contributed by atoms with Crippen LogP contribution in [0.5, 0.6) is 11.5 Å². The quantitative estimate of drug-likeness (QED) is 0.805. The van der Waals surface area contributed by atoms with Crippen LogP contribution >= 0.6 is 0 Å². The minimum atomic E-state index is -0.108. The second kappa shape index (κ2) is 5.18. The molecule has 0 spiro atoms. The van der Waals surface area contributed by atoms with E-state index < -0.39 is 0 Å². The monoisotopic (exact) mass is 223 g/mol. The van der Waals surface area contributed by atoms with Crippen LogP contribution in [0.2, 0.25) is 0 Å². The van der Waals surface area contributed by atoms with Crippen molar-refractivity contribution < 1.29 is 14.6 Å². The highest BCUT2D eigenvalue weighted by atomic mass is 16.6. The first kappa shape index (κ1) is 11.2. The summed E-state index contributed by atoms with van der Waals surface area (Å²) in [5.74, 6) is 1.53. The molecule has 16 heavy (non-hydrogen) atoms. The smallest absolute Gasteiger partial charge is 0.166 e. The van der Waals surface area contributed by atoms with Crippen LogP contribution in [-0.4, -0.2) is 24.9 Å². The van der Waals surface area contributed by atoms with Crippen molar-refractivity contribution in [3.63, 3.8) is 0 Å². The van der Waals surface area contributed by atoms with Gasteiger partial charge in [0.05, 0.1) is 0 Å². The minimum Gasteiger partial charge on any atom is -0.486 e. The number of rotatable bonds is 4. The summed E-state index contributed by atoms with van der Waals surface area (Å²) in [6.07, 6.45) is 1.45. The summed E-state index contributed by atoms with van der Waals surface area (Å²) in [7, 11) is 0. The molecule has 0 aromatic heterocycles. The van der Waals surface area contributed by atoms with Crippen molar-refractivity contribution in [3.8, 4) is 11.5 Å². The largest absolute Gasteiger partial charge is 0.486 e. The highest BCUT2D eigenvalue weighted by Gasteiger charge is 2.19. The zero-order valence-electron chi connectivity index (χ0n) is 9.19. The van der Waals surface area contributed by atoms with Crippen molar-refractivity contribution in [2.75, 3.05) is 19.8 Å². The van der Waals surface area contributed by atoms with Crippen LogP contribution in [0, 0.1) is 0 Å². The topological polar surface area (TPSA) is 64.7 Å². The Morgan fingerprint density at radius 2 is 2.12 bits per heavy atom. The van der Waals surface area contributed by atoms with E-state index in [0.717, 1.165) is 23.5 Å². The fourth-order valence-corrected chi connectivity index (χ4v) is 1.85. The average molecular weight is 223 g/mol. The Morgan fingerprint density at radius 3 is 2.94 bits per heavy atom. The molecular weight excluding hydrogens is 206 g/mol. The third kappa shape index (κ3) is 2.28. The molecule has 0 saturated heterocycles. The number of ether oxygens (including phenoxy) is 2. The lowest BCUT2D eigenvalue weighted by Gasteiger charge is -2.23. The van der Waals surface area contributed by atoms with Crippen molar-refractivity contribution in [1.82, 2.24) is 0 Å². The number of nitrogens with two attached hydrogens (primary N) is 1. The van der Waals surface area contributed by atoms with Gasteiger partial charge in [0.1, 0.15) is 13.2 Å². The Morgan fingerprint density at radius 1 is 1.31 bits per heavy atom. The number of fused-ring (bicyclic) bond motifs is 1. The van der Waals surface area contributed by atoms with Gasteiger partial charge in [-0.2, -0.15) is 0 Å². The first-order chi connectivity index (χ1) is 7.83. The lowest BCUT2D eigenvalue weighted by molar-refractivity contribution is 0.169. The third-order valence-corrected chi connectivity index (χ3v) is 2.67. The molecule has 88 valence electrons. The fraction of sp³-hybridized carbons (Fsp3) is 0.500. The van der Waals surface area contributed by atoms with Crippen LogP contribution in [0.4, 0.5) is 0 Å². The molecule has 1 atom stereocenters. The maximum Gasteiger partial charge on any atom is 0.166 e. The fourth-order valence-electron chi connectivity index (χ4n) is 1.85. The first-order valence-electron chi connectivity index (χ1n) is 5.58. The molecule has 1 aliphatic rings. The van der Waals surface area contributed by atoms with Crippen molar-refractivity contribution in [1.29, 1.82) is 0 Å². The van der Waals surface area contributed by atoms with Gasteiger partial charge in [-0.3, -0.25) is 0 Å². The van der Waals surface area contributed by atoms with E-state index in [0.29, 0.717) is 19.6 Å². The van der Waals surface area contributed by atoms with Crippen LogP contribution in [0.3, 0.4) is 0 Å². The molecule has 0 amide bonds. The van der Waals surface area contributed by atoms with Crippen LogP contribution in [0.25, 0.3) is 0 Å². The van der Waals surface area contributed by atoms with Crippen LogP contribution in [0.1, 0.15) is 24.4 Å². The minimum absolute atomic E-state index is 0.108. The number of aliphatic hydroxyl groups excluding tert-OH is 1. The van der Waals surface area contributed by atoms with Crippen LogP contribution in [-0.2, 0) is 0 Å². The van der Waals surface area contributed by atoms with Gasteiger partial charge in [0, 0.05) is 18.2 Å². The molecule has 4 nitrogen and oxygen atoms in total. The lowest BCUT2D eigenvalue weighted by atomic mass is 10.0. The second-order valence-corrected chi connectivity index (χ2v) is 3.84. The molecule has 2 rings (SSSR count). The molecule has 4 heteroatoms. The van der Waals surface area contributed by atoms with E-state index in [-0.39, 0.29) is 12.6 Å². The van der Waals surface area contributed by atoms with E-state index in [9.17, 15) is 0 Å². The summed E-state index contributed by atoms with van der Waals surface area (Å²) < 4.78 is 11.1. The van der Waals surface area contributed by atoms with Crippen molar-refractivity contribution >= 4 is 0 Å². The molecule has 1 heterocycles. The zero-order valence-corrected chi connectivity index (χ0v) is 9.19. The molecule has 0 saturated carbocycles. The van der Waals surface area contributed by atoms with Gasteiger partial charge in [-0.1, -0.05) is 12.1 Å². The molecule has 0 aliphatic carbocycles. The van der Waals surface area contributed by atoms with Crippen molar-refractivity contribution in [3.05, 3.63) is 23.8 Å². The van der Waals surface area contributed by atoms with Gasteiger partial charge < -0.3 is 20.3 Å². The molecule has 0 unspecified atom stereocenters. The predicted molar refractivity (Wildman–Crippen MR) is 60.7 cm³/mol. The van der Waals surface area contributed by atoms with Crippen molar-refractivity contribution in [2.24, 2.45) is 5.73 Å². The lowest BCUT2D eigenvalue weighted by Crippen LogP contribution is -2.19. The molecule has 0 radical (unpaired) electrons. The zero-order chi connectivity index (χ0) is 11.4. The van der Waals surface area contributed by atoms with E-state index in [1.807, 2.05) is 18.2 Å². The van der Waals surface area contributed by atoms with Gasteiger partial charge in [-0.15, -0.1) is 0 Å². The van der Waals surface area contributed by atoms with Crippen LogP contribution < -0.4 is 15.2 Å². The molecular formula is C12H17NO3. The van der Waals surface area contributed by atoms with E-state index in [1.165, 1.54) is 0 Å². The van der Waals surface area contributed by atoms with E-state index in [2.05, 4.69) is 0 Å². The second-order valence-electron chi connectivity index (χ2n) is 3.84. The van der Waals surface area contributed by atoms with Gasteiger partial charge >= 0.3 is 0 Å². The first-order valence-corrected chi connectivity index (χ1v) is 5.58. The maximum absolute atomic E-state index is 8.79. The summed E-state index contributed by atoms with van der Waals surface area (Å²) in [4.78, 5) is 0. The van der Waals surface area contributed by atoms with E-state index in [1.54, 1.807) is 0 Å². The Hall–Kier alpha value is -1.26. The number of aliphatic hydroxyl groups is 1. The van der Waals surface area contributed by atoms with Gasteiger partial charge in [-0.25, -0.2) is 0 Å². The number of para-hydroxylation sites is 1. The molecule has 1 aromatic rings. The SMILES string of the molecule is N[C@@H](CCCO)c1cccc2c1OCCO2. The van der Waals surface area contributed by atoms with Gasteiger partial charge in [0.2, 0.25) is 0 Å². The van der Waals surface area contributed by atoms with E-state index >= 15 is 0 Å². The number of hydrogen-bond acceptors (Lipinski definition) is 4. The van der Waals surface area contributed by atoms with Gasteiger partial charge in [0.25, 0.3) is 0 Å². The standard InChI is InChI=1S/C12H17NO3/c13-10(4-2-6-14)9-3-1-5-11-12(9)16-8-7-15-11/h1,3,5,10,14H,2,4,6-8,13H2/t10-/m0/s1. The summed E-state index contributed by atoms with van der Waals surface area (Å²) >= 11 is 0. The maximum atomic E-state index is 8.79. The Bertz CT molecular complexity index is 354. The third-order valence-electron chi connectivity index (χ3n) is 2.67.